The Labute approximate surface area is 103 Å². The zero-order chi connectivity index (χ0) is 10.9. The summed E-state index contributed by atoms with van der Waals surface area (Å²) < 4.78 is 6.12. The van der Waals surface area contributed by atoms with E-state index in [1.165, 1.54) is 0 Å². The molecule has 1 rings (SSSR count). The summed E-state index contributed by atoms with van der Waals surface area (Å²) in [6.45, 7) is 2.03. The van der Waals surface area contributed by atoms with Gasteiger partial charge in [0.1, 0.15) is 5.76 Å². The number of nitrogens with one attached hydrogen (secondary N) is 1. The van der Waals surface area contributed by atoms with Crippen molar-refractivity contribution in [3.8, 4) is 0 Å². The average molecular weight is 294 g/mol. The van der Waals surface area contributed by atoms with E-state index >= 15 is 0 Å². The number of hydrogen-bond acceptors (Lipinski definition) is 4. The maximum atomic E-state index is 8.57. The first-order valence-electron chi connectivity index (χ1n) is 4.96. The van der Waals surface area contributed by atoms with Gasteiger partial charge in [-0.2, -0.15) is 11.8 Å². The van der Waals surface area contributed by atoms with Gasteiger partial charge in [0.05, 0.1) is 6.54 Å². The second-order valence-electron chi connectivity index (χ2n) is 3.07. The molecule has 0 spiro atoms. The normalized spacial score (nSPS) is 10.8. The molecule has 0 aliphatic heterocycles. The molecule has 2 N–H and O–H groups in total. The highest BCUT2D eigenvalue weighted by atomic mass is 79.9. The molecule has 0 aliphatic carbocycles. The minimum Gasteiger partial charge on any atom is -0.453 e. The predicted molar refractivity (Wildman–Crippen MR) is 67.1 cm³/mol. The summed E-state index contributed by atoms with van der Waals surface area (Å²) in [6, 6.07) is 3.85. The van der Waals surface area contributed by atoms with Crippen LogP contribution in [0.3, 0.4) is 0 Å². The lowest BCUT2D eigenvalue weighted by molar-refractivity contribution is 0.296. The van der Waals surface area contributed by atoms with Crippen LogP contribution < -0.4 is 5.32 Å². The zero-order valence-electron chi connectivity index (χ0n) is 8.54. The Bertz CT molecular complexity index is 268. The number of aliphatic hydroxyl groups is 1. The topological polar surface area (TPSA) is 45.4 Å². The Morgan fingerprint density at radius 1 is 1.40 bits per heavy atom. The second-order valence-corrected chi connectivity index (χ2v) is 5.08. The van der Waals surface area contributed by atoms with E-state index in [4.69, 9.17) is 9.52 Å². The van der Waals surface area contributed by atoms with Crippen molar-refractivity contribution < 1.29 is 9.52 Å². The van der Waals surface area contributed by atoms with Crippen LogP contribution in [0.25, 0.3) is 0 Å². The number of halogens is 1. The van der Waals surface area contributed by atoms with E-state index in [0.717, 1.165) is 41.4 Å². The number of furan rings is 1. The van der Waals surface area contributed by atoms with Crippen molar-refractivity contribution in [3.05, 3.63) is 22.6 Å². The fraction of sp³-hybridized carbons (Fsp3) is 0.600. The number of aliphatic hydroxyl groups excluding tert-OH is 1. The van der Waals surface area contributed by atoms with Crippen LogP contribution in [0.1, 0.15) is 12.2 Å². The van der Waals surface area contributed by atoms with Crippen molar-refractivity contribution in [1.29, 1.82) is 0 Å². The van der Waals surface area contributed by atoms with Gasteiger partial charge >= 0.3 is 0 Å². The van der Waals surface area contributed by atoms with Gasteiger partial charge in [-0.3, -0.25) is 0 Å². The van der Waals surface area contributed by atoms with Crippen LogP contribution in [-0.4, -0.2) is 29.8 Å². The van der Waals surface area contributed by atoms with Gasteiger partial charge in [0, 0.05) is 18.9 Å². The summed E-state index contributed by atoms with van der Waals surface area (Å²) >= 11 is 5.12. The second kappa shape index (κ2) is 8.21. The van der Waals surface area contributed by atoms with Crippen LogP contribution in [0, 0.1) is 0 Å². The largest absolute Gasteiger partial charge is 0.453 e. The molecule has 0 saturated carbocycles. The van der Waals surface area contributed by atoms with Crippen molar-refractivity contribution in [2.24, 2.45) is 0 Å². The summed E-state index contributed by atoms with van der Waals surface area (Å²) in [5, 5.41) is 11.9. The van der Waals surface area contributed by atoms with E-state index in [1.54, 1.807) is 0 Å². The van der Waals surface area contributed by atoms with E-state index < -0.39 is 0 Å². The van der Waals surface area contributed by atoms with Crippen LogP contribution in [-0.2, 0) is 6.54 Å². The van der Waals surface area contributed by atoms with E-state index in [0.29, 0.717) is 6.61 Å². The van der Waals surface area contributed by atoms with Gasteiger partial charge in [-0.05, 0) is 40.2 Å². The van der Waals surface area contributed by atoms with Gasteiger partial charge in [-0.1, -0.05) is 0 Å². The SMILES string of the molecule is OCCCSCCNCc1ccc(Br)o1. The summed E-state index contributed by atoms with van der Waals surface area (Å²) in [7, 11) is 0. The quantitative estimate of drug-likeness (QED) is 0.722. The minimum atomic E-state index is 0.293. The maximum Gasteiger partial charge on any atom is 0.169 e. The smallest absolute Gasteiger partial charge is 0.169 e. The van der Waals surface area contributed by atoms with Crippen molar-refractivity contribution in [1.82, 2.24) is 5.32 Å². The Morgan fingerprint density at radius 3 is 2.93 bits per heavy atom. The zero-order valence-corrected chi connectivity index (χ0v) is 10.9. The summed E-state index contributed by atoms with van der Waals surface area (Å²) in [5.41, 5.74) is 0. The molecule has 1 aromatic rings. The first-order valence-corrected chi connectivity index (χ1v) is 6.91. The van der Waals surface area contributed by atoms with E-state index in [2.05, 4.69) is 21.2 Å². The summed E-state index contributed by atoms with van der Waals surface area (Å²) in [5.74, 6) is 3.05. The van der Waals surface area contributed by atoms with E-state index in [1.807, 2.05) is 23.9 Å². The third-order valence-electron chi connectivity index (χ3n) is 1.80. The number of thioether (sulfide) groups is 1. The van der Waals surface area contributed by atoms with Gasteiger partial charge in [0.25, 0.3) is 0 Å². The molecule has 86 valence electrons. The maximum absolute atomic E-state index is 8.57. The Hall–Kier alpha value is 0.0300. The molecule has 1 heterocycles. The number of hydrogen-bond donors (Lipinski definition) is 2. The lowest BCUT2D eigenvalue weighted by Crippen LogP contribution is -2.16. The van der Waals surface area contributed by atoms with Crippen molar-refractivity contribution in [2.75, 3.05) is 24.7 Å². The molecular formula is C10H16BrNO2S. The summed E-state index contributed by atoms with van der Waals surface area (Å²) in [6.07, 6.45) is 0.885. The molecule has 0 unspecified atom stereocenters. The molecule has 0 aliphatic rings. The molecule has 0 bridgehead atoms. The molecule has 0 fully saturated rings. The first-order chi connectivity index (χ1) is 7.33. The highest BCUT2D eigenvalue weighted by Gasteiger charge is 1.97. The average Bonchev–Trinajstić information content (AvgIpc) is 2.63. The fourth-order valence-electron chi connectivity index (χ4n) is 1.07. The Kier molecular flexibility index (Phi) is 7.17. The predicted octanol–water partition coefficient (Wildman–Crippen LogP) is 2.25. The molecule has 5 heteroatoms. The minimum absolute atomic E-state index is 0.293. The van der Waals surface area contributed by atoms with Gasteiger partial charge in [0.15, 0.2) is 4.67 Å². The number of rotatable bonds is 8. The van der Waals surface area contributed by atoms with Gasteiger partial charge in [-0.25, -0.2) is 0 Å². The molecule has 0 aromatic carbocycles. The molecule has 0 amide bonds. The van der Waals surface area contributed by atoms with Crippen molar-refractivity contribution >= 4 is 27.7 Å². The standard InChI is InChI=1S/C10H16BrNO2S/c11-10-3-2-9(14-10)8-12-4-7-15-6-1-5-13/h2-3,12-13H,1,4-8H2. The monoisotopic (exact) mass is 293 g/mol. The van der Waals surface area contributed by atoms with Gasteiger partial charge in [-0.15, -0.1) is 0 Å². The molecule has 0 saturated heterocycles. The molecule has 1 aromatic heterocycles. The van der Waals surface area contributed by atoms with E-state index in [-0.39, 0.29) is 0 Å². The molecule has 15 heavy (non-hydrogen) atoms. The van der Waals surface area contributed by atoms with Crippen molar-refractivity contribution in [3.63, 3.8) is 0 Å². The lowest BCUT2D eigenvalue weighted by Gasteiger charge is -2.02. The Balaban J connectivity index is 1.93. The third kappa shape index (κ3) is 6.25. The van der Waals surface area contributed by atoms with Crippen LogP contribution in [0.5, 0.6) is 0 Å². The highest BCUT2D eigenvalue weighted by Crippen LogP contribution is 2.13. The van der Waals surface area contributed by atoms with E-state index in [9.17, 15) is 0 Å². The lowest BCUT2D eigenvalue weighted by atomic mass is 10.4. The fourth-order valence-corrected chi connectivity index (χ4v) is 2.24. The van der Waals surface area contributed by atoms with Gasteiger partial charge < -0.3 is 14.8 Å². The molecule has 0 radical (unpaired) electrons. The molecular weight excluding hydrogens is 278 g/mol. The van der Waals surface area contributed by atoms with Crippen LogP contribution in [0.2, 0.25) is 0 Å². The molecule has 0 atom stereocenters. The van der Waals surface area contributed by atoms with Crippen LogP contribution in [0.15, 0.2) is 21.2 Å². The van der Waals surface area contributed by atoms with Crippen LogP contribution in [0.4, 0.5) is 0 Å². The van der Waals surface area contributed by atoms with Gasteiger partial charge in [0.2, 0.25) is 0 Å². The first kappa shape index (κ1) is 13.1. The highest BCUT2D eigenvalue weighted by molar-refractivity contribution is 9.10. The summed E-state index contributed by atoms with van der Waals surface area (Å²) in [4.78, 5) is 0. The van der Waals surface area contributed by atoms with Crippen molar-refractivity contribution in [2.45, 2.75) is 13.0 Å². The third-order valence-corrected chi connectivity index (χ3v) is 3.29. The van der Waals surface area contributed by atoms with Crippen LogP contribution >= 0.6 is 27.7 Å². The Morgan fingerprint density at radius 2 is 2.27 bits per heavy atom. The molecule has 3 nitrogen and oxygen atoms in total.